The van der Waals surface area contributed by atoms with Gasteiger partial charge in [-0.15, -0.1) is 0 Å². The molecule has 0 radical (unpaired) electrons. The van der Waals surface area contributed by atoms with E-state index in [0.29, 0.717) is 13.0 Å². The molecule has 4 nitrogen and oxygen atoms in total. The van der Waals surface area contributed by atoms with Crippen molar-refractivity contribution in [3.05, 3.63) is 35.4 Å². The van der Waals surface area contributed by atoms with Gasteiger partial charge in [-0.3, -0.25) is 4.79 Å². The maximum atomic E-state index is 13.8. The van der Waals surface area contributed by atoms with Gasteiger partial charge in [0.15, 0.2) is 0 Å². The summed E-state index contributed by atoms with van der Waals surface area (Å²) in [5.41, 5.74) is 0.168. The van der Waals surface area contributed by atoms with Crippen LogP contribution in [-0.4, -0.2) is 31.8 Å². The molecule has 1 saturated heterocycles. The standard InChI is InChI=1S/C17H23F2NO3/c1-2-16(14-10-12(18)5-6-15(14)19)20-17(21)7-9-22-11-13-4-3-8-23-13/h5-6,10,13,16H,2-4,7-9,11H2,1H3,(H,20,21)/t13-,16+/m0/s1. The fourth-order valence-corrected chi connectivity index (χ4v) is 2.60. The predicted octanol–water partition coefficient (Wildman–Crippen LogP) is 3.12. The maximum Gasteiger partial charge on any atom is 0.222 e. The van der Waals surface area contributed by atoms with Gasteiger partial charge < -0.3 is 14.8 Å². The summed E-state index contributed by atoms with van der Waals surface area (Å²) in [5, 5.41) is 2.72. The van der Waals surface area contributed by atoms with Crippen LogP contribution in [0.3, 0.4) is 0 Å². The van der Waals surface area contributed by atoms with Gasteiger partial charge in [-0.1, -0.05) is 6.92 Å². The largest absolute Gasteiger partial charge is 0.378 e. The van der Waals surface area contributed by atoms with Gasteiger partial charge in [0.1, 0.15) is 11.6 Å². The Hall–Kier alpha value is -1.53. The average Bonchev–Trinajstić information content (AvgIpc) is 3.05. The monoisotopic (exact) mass is 327 g/mol. The number of nitrogens with one attached hydrogen (secondary N) is 1. The zero-order valence-electron chi connectivity index (χ0n) is 13.3. The molecule has 128 valence electrons. The van der Waals surface area contributed by atoms with Gasteiger partial charge in [-0.05, 0) is 37.5 Å². The van der Waals surface area contributed by atoms with Gasteiger partial charge in [-0.2, -0.15) is 0 Å². The van der Waals surface area contributed by atoms with Gasteiger partial charge in [0.05, 0.1) is 25.4 Å². The van der Waals surface area contributed by atoms with Gasteiger partial charge in [-0.25, -0.2) is 8.78 Å². The first-order chi connectivity index (χ1) is 11.1. The predicted molar refractivity (Wildman–Crippen MR) is 81.9 cm³/mol. The lowest BCUT2D eigenvalue weighted by atomic mass is 10.0. The minimum absolute atomic E-state index is 0.128. The van der Waals surface area contributed by atoms with Crippen molar-refractivity contribution in [1.82, 2.24) is 5.32 Å². The fraction of sp³-hybridized carbons (Fsp3) is 0.588. The quantitative estimate of drug-likeness (QED) is 0.746. The van der Waals surface area contributed by atoms with Crippen LogP contribution < -0.4 is 5.32 Å². The molecule has 23 heavy (non-hydrogen) atoms. The van der Waals surface area contributed by atoms with Crippen LogP contribution in [0, 0.1) is 11.6 Å². The second-order valence-corrected chi connectivity index (χ2v) is 5.65. The molecule has 1 N–H and O–H groups in total. The summed E-state index contributed by atoms with van der Waals surface area (Å²) in [7, 11) is 0. The van der Waals surface area contributed by atoms with E-state index in [0.717, 1.165) is 37.6 Å². The van der Waals surface area contributed by atoms with Gasteiger partial charge in [0.2, 0.25) is 5.91 Å². The van der Waals surface area contributed by atoms with Gasteiger partial charge >= 0.3 is 0 Å². The number of carbonyl (C=O) groups is 1. The highest BCUT2D eigenvalue weighted by Gasteiger charge is 2.18. The Balaban J connectivity index is 1.76. The van der Waals surface area contributed by atoms with E-state index in [1.165, 1.54) is 0 Å². The van der Waals surface area contributed by atoms with Crippen molar-refractivity contribution < 1.29 is 23.0 Å². The topological polar surface area (TPSA) is 47.6 Å². The van der Waals surface area contributed by atoms with Crippen LogP contribution >= 0.6 is 0 Å². The Morgan fingerprint density at radius 3 is 3.00 bits per heavy atom. The summed E-state index contributed by atoms with van der Waals surface area (Å²) in [6, 6.07) is 2.71. The normalized spacial score (nSPS) is 18.8. The smallest absolute Gasteiger partial charge is 0.222 e. The third-order valence-corrected chi connectivity index (χ3v) is 3.88. The van der Waals surface area contributed by atoms with Crippen LogP contribution in [0.1, 0.15) is 44.2 Å². The summed E-state index contributed by atoms with van der Waals surface area (Å²) in [5.74, 6) is -1.28. The van der Waals surface area contributed by atoms with Crippen molar-refractivity contribution in [2.75, 3.05) is 19.8 Å². The summed E-state index contributed by atoms with van der Waals surface area (Å²) >= 11 is 0. The Morgan fingerprint density at radius 2 is 2.30 bits per heavy atom. The van der Waals surface area contributed by atoms with E-state index in [1.54, 1.807) is 0 Å². The number of ether oxygens (including phenoxy) is 2. The van der Waals surface area contributed by atoms with Gasteiger partial charge in [0, 0.05) is 18.6 Å². The lowest BCUT2D eigenvalue weighted by Gasteiger charge is -2.18. The molecule has 1 fully saturated rings. The van der Waals surface area contributed by atoms with Crippen molar-refractivity contribution in [2.24, 2.45) is 0 Å². The first-order valence-corrected chi connectivity index (χ1v) is 8.03. The summed E-state index contributed by atoms with van der Waals surface area (Å²) in [4.78, 5) is 11.9. The molecule has 1 aliphatic rings. The van der Waals surface area contributed by atoms with Crippen LogP contribution in [0.15, 0.2) is 18.2 Å². The third kappa shape index (κ3) is 5.55. The fourth-order valence-electron chi connectivity index (χ4n) is 2.60. The highest BCUT2D eigenvalue weighted by Crippen LogP contribution is 2.21. The van der Waals surface area contributed by atoms with E-state index in [4.69, 9.17) is 9.47 Å². The molecule has 0 spiro atoms. The van der Waals surface area contributed by atoms with Crippen LogP contribution in [0.5, 0.6) is 0 Å². The summed E-state index contributed by atoms with van der Waals surface area (Å²) in [6.45, 7) is 3.35. The van der Waals surface area contributed by atoms with E-state index in [9.17, 15) is 13.6 Å². The Bertz CT molecular complexity index is 519. The first-order valence-electron chi connectivity index (χ1n) is 8.03. The first kappa shape index (κ1) is 17.8. The Morgan fingerprint density at radius 1 is 1.48 bits per heavy atom. The van der Waals surface area contributed by atoms with Crippen molar-refractivity contribution in [3.8, 4) is 0 Å². The zero-order chi connectivity index (χ0) is 16.7. The molecule has 2 atom stereocenters. The zero-order valence-corrected chi connectivity index (χ0v) is 13.3. The Kier molecular flexibility index (Phi) is 6.92. The number of hydrogen-bond acceptors (Lipinski definition) is 3. The summed E-state index contributed by atoms with van der Waals surface area (Å²) in [6.07, 6.45) is 2.82. The molecule has 1 aromatic carbocycles. The molecule has 2 rings (SSSR count). The highest BCUT2D eigenvalue weighted by molar-refractivity contribution is 5.76. The molecule has 0 aliphatic carbocycles. The molecule has 0 unspecified atom stereocenters. The number of carbonyl (C=O) groups excluding carboxylic acids is 1. The summed E-state index contributed by atoms with van der Waals surface area (Å²) < 4.78 is 37.9. The lowest BCUT2D eigenvalue weighted by molar-refractivity contribution is -0.123. The lowest BCUT2D eigenvalue weighted by Crippen LogP contribution is -2.30. The minimum atomic E-state index is -0.545. The SMILES string of the molecule is CC[C@@H](NC(=O)CCOC[C@@H]1CCCO1)c1cc(F)ccc1F. The minimum Gasteiger partial charge on any atom is -0.378 e. The maximum absolute atomic E-state index is 13.8. The molecular weight excluding hydrogens is 304 g/mol. The molecule has 0 saturated carbocycles. The van der Waals surface area contributed by atoms with Crippen molar-refractivity contribution in [3.63, 3.8) is 0 Å². The number of amides is 1. The molecule has 1 amide bonds. The van der Waals surface area contributed by atoms with Crippen LogP contribution in [0.2, 0.25) is 0 Å². The van der Waals surface area contributed by atoms with Crippen molar-refractivity contribution in [1.29, 1.82) is 0 Å². The van der Waals surface area contributed by atoms with Crippen molar-refractivity contribution in [2.45, 2.75) is 44.8 Å². The molecule has 1 heterocycles. The van der Waals surface area contributed by atoms with Crippen LogP contribution in [-0.2, 0) is 14.3 Å². The van der Waals surface area contributed by atoms with E-state index in [2.05, 4.69) is 5.32 Å². The highest BCUT2D eigenvalue weighted by atomic mass is 19.1. The molecule has 6 heteroatoms. The third-order valence-electron chi connectivity index (χ3n) is 3.88. The molecule has 0 aromatic heterocycles. The van der Waals surface area contributed by atoms with E-state index >= 15 is 0 Å². The van der Waals surface area contributed by atoms with E-state index in [-0.39, 0.29) is 30.6 Å². The number of halogens is 2. The molecule has 0 bridgehead atoms. The number of benzene rings is 1. The van der Waals surface area contributed by atoms with Gasteiger partial charge in [0.25, 0.3) is 0 Å². The molecule has 1 aromatic rings. The second kappa shape index (κ2) is 8.93. The second-order valence-electron chi connectivity index (χ2n) is 5.65. The van der Waals surface area contributed by atoms with E-state index < -0.39 is 17.7 Å². The Labute approximate surface area is 135 Å². The molecular formula is C17H23F2NO3. The number of hydrogen-bond donors (Lipinski definition) is 1. The average molecular weight is 327 g/mol. The van der Waals surface area contributed by atoms with Crippen LogP contribution in [0.25, 0.3) is 0 Å². The van der Waals surface area contributed by atoms with Crippen molar-refractivity contribution >= 4 is 5.91 Å². The van der Waals surface area contributed by atoms with E-state index in [1.807, 2.05) is 6.92 Å². The molecule has 1 aliphatic heterocycles. The van der Waals surface area contributed by atoms with Crippen LogP contribution in [0.4, 0.5) is 8.78 Å². The number of rotatable bonds is 8.